The maximum atomic E-state index is 12.5. The SMILES string of the molecule is Cl.O=C(CCC1NC(=O)N(c2ccc(Cl)cc2)C1=O)NCCC1CCCNC1. The zero-order chi connectivity index (χ0) is 19.2. The number of nitrogens with one attached hydrogen (secondary N) is 3. The van der Waals surface area contributed by atoms with E-state index in [0.29, 0.717) is 23.2 Å². The largest absolute Gasteiger partial charge is 0.356 e. The van der Waals surface area contributed by atoms with E-state index in [0.717, 1.165) is 24.4 Å². The van der Waals surface area contributed by atoms with Gasteiger partial charge in [-0.25, -0.2) is 9.69 Å². The van der Waals surface area contributed by atoms with Crippen LogP contribution in [0.5, 0.6) is 0 Å². The normalized spacial score (nSPS) is 21.8. The lowest BCUT2D eigenvalue weighted by Gasteiger charge is -2.22. The summed E-state index contributed by atoms with van der Waals surface area (Å²) in [5.74, 6) is 0.178. The second-order valence-corrected chi connectivity index (χ2v) is 7.48. The lowest BCUT2D eigenvalue weighted by atomic mass is 9.96. The van der Waals surface area contributed by atoms with Crippen LogP contribution in [0.25, 0.3) is 0 Å². The van der Waals surface area contributed by atoms with Gasteiger partial charge in [0.2, 0.25) is 5.91 Å². The number of carbonyl (C=O) groups is 3. The second kappa shape index (κ2) is 10.6. The van der Waals surface area contributed by atoms with E-state index in [-0.39, 0.29) is 37.1 Å². The van der Waals surface area contributed by atoms with Crippen molar-refractivity contribution in [1.82, 2.24) is 16.0 Å². The maximum Gasteiger partial charge on any atom is 0.329 e. The van der Waals surface area contributed by atoms with Crippen molar-refractivity contribution >= 4 is 47.5 Å². The zero-order valence-corrected chi connectivity index (χ0v) is 17.2. The number of nitrogens with zero attached hydrogens (tertiary/aromatic N) is 1. The third-order valence-electron chi connectivity index (χ3n) is 5.04. The molecule has 28 heavy (non-hydrogen) atoms. The molecule has 3 N–H and O–H groups in total. The highest BCUT2D eigenvalue weighted by atomic mass is 35.5. The third kappa shape index (κ3) is 5.83. The number of hydrogen-bond acceptors (Lipinski definition) is 4. The fraction of sp³-hybridized carbons (Fsp3) is 0.526. The molecule has 3 rings (SSSR count). The number of urea groups is 1. The molecule has 9 heteroatoms. The summed E-state index contributed by atoms with van der Waals surface area (Å²) in [5.41, 5.74) is 0.468. The van der Waals surface area contributed by atoms with Crippen LogP contribution in [0.1, 0.15) is 32.1 Å². The fourth-order valence-electron chi connectivity index (χ4n) is 3.51. The molecule has 0 saturated carbocycles. The molecule has 2 heterocycles. The van der Waals surface area contributed by atoms with Crippen LogP contribution in [0.4, 0.5) is 10.5 Å². The summed E-state index contributed by atoms with van der Waals surface area (Å²) in [6.45, 7) is 2.74. The number of hydrogen-bond donors (Lipinski definition) is 3. The van der Waals surface area contributed by atoms with Crippen molar-refractivity contribution in [2.24, 2.45) is 5.92 Å². The van der Waals surface area contributed by atoms with E-state index in [2.05, 4.69) is 16.0 Å². The van der Waals surface area contributed by atoms with E-state index in [4.69, 9.17) is 11.6 Å². The summed E-state index contributed by atoms with van der Waals surface area (Å²) in [6.07, 6.45) is 3.83. The van der Waals surface area contributed by atoms with Crippen molar-refractivity contribution in [1.29, 1.82) is 0 Å². The molecule has 2 fully saturated rings. The third-order valence-corrected chi connectivity index (χ3v) is 5.29. The van der Waals surface area contributed by atoms with Gasteiger partial charge in [-0.05, 0) is 69.0 Å². The molecule has 0 radical (unpaired) electrons. The predicted molar refractivity (Wildman–Crippen MR) is 111 cm³/mol. The highest BCUT2D eigenvalue weighted by molar-refractivity contribution is 6.30. The molecule has 2 aliphatic rings. The van der Waals surface area contributed by atoms with E-state index in [9.17, 15) is 14.4 Å². The minimum atomic E-state index is -0.679. The van der Waals surface area contributed by atoms with Crippen molar-refractivity contribution in [3.05, 3.63) is 29.3 Å². The monoisotopic (exact) mass is 428 g/mol. The van der Waals surface area contributed by atoms with Gasteiger partial charge in [-0.1, -0.05) is 11.6 Å². The average Bonchev–Trinajstić information content (AvgIpc) is 2.95. The molecule has 0 bridgehead atoms. The number of amides is 4. The van der Waals surface area contributed by atoms with Gasteiger partial charge in [0.25, 0.3) is 5.91 Å². The van der Waals surface area contributed by atoms with Crippen molar-refractivity contribution in [3.63, 3.8) is 0 Å². The second-order valence-electron chi connectivity index (χ2n) is 7.04. The van der Waals surface area contributed by atoms with Crippen LogP contribution in [0.15, 0.2) is 24.3 Å². The minimum Gasteiger partial charge on any atom is -0.356 e. The number of carbonyl (C=O) groups excluding carboxylic acids is 3. The molecule has 4 amide bonds. The molecule has 2 saturated heterocycles. The number of benzene rings is 1. The lowest BCUT2D eigenvalue weighted by Crippen LogP contribution is -2.34. The van der Waals surface area contributed by atoms with Crippen LogP contribution in [-0.2, 0) is 9.59 Å². The molecule has 7 nitrogen and oxygen atoms in total. The number of halogens is 2. The van der Waals surface area contributed by atoms with Gasteiger partial charge in [-0.2, -0.15) is 0 Å². The van der Waals surface area contributed by atoms with Crippen molar-refractivity contribution in [3.8, 4) is 0 Å². The van der Waals surface area contributed by atoms with Crippen LogP contribution in [0.3, 0.4) is 0 Å². The summed E-state index contributed by atoms with van der Waals surface area (Å²) in [5, 5.41) is 9.45. The van der Waals surface area contributed by atoms with Crippen molar-refractivity contribution < 1.29 is 14.4 Å². The summed E-state index contributed by atoms with van der Waals surface area (Å²) in [7, 11) is 0. The van der Waals surface area contributed by atoms with E-state index < -0.39 is 12.1 Å². The molecule has 1 aromatic carbocycles. The van der Waals surface area contributed by atoms with Crippen LogP contribution in [-0.4, -0.2) is 43.5 Å². The Hall–Kier alpha value is -1.83. The van der Waals surface area contributed by atoms with Gasteiger partial charge < -0.3 is 16.0 Å². The Morgan fingerprint density at radius 1 is 1.21 bits per heavy atom. The highest BCUT2D eigenvalue weighted by Gasteiger charge is 2.38. The number of anilines is 1. The Balaban J connectivity index is 0.00000280. The molecule has 2 aliphatic heterocycles. The average molecular weight is 429 g/mol. The van der Waals surface area contributed by atoms with Gasteiger partial charge in [0, 0.05) is 18.0 Å². The molecular weight excluding hydrogens is 403 g/mol. The van der Waals surface area contributed by atoms with Crippen LogP contribution < -0.4 is 20.9 Å². The first-order valence-corrected chi connectivity index (χ1v) is 9.80. The van der Waals surface area contributed by atoms with E-state index in [1.54, 1.807) is 24.3 Å². The van der Waals surface area contributed by atoms with Crippen LogP contribution in [0, 0.1) is 5.92 Å². The zero-order valence-electron chi connectivity index (χ0n) is 15.6. The minimum absolute atomic E-state index is 0. The molecule has 0 aliphatic carbocycles. The van der Waals surface area contributed by atoms with Crippen LogP contribution >= 0.6 is 24.0 Å². The molecule has 2 atom stereocenters. The first-order chi connectivity index (χ1) is 13.0. The van der Waals surface area contributed by atoms with Gasteiger partial charge in [0.05, 0.1) is 5.69 Å². The Kier molecular flexibility index (Phi) is 8.54. The fourth-order valence-corrected chi connectivity index (χ4v) is 3.64. The summed E-state index contributed by atoms with van der Waals surface area (Å²) in [4.78, 5) is 37.8. The van der Waals surface area contributed by atoms with Crippen LogP contribution in [0.2, 0.25) is 5.02 Å². The first kappa shape index (κ1) is 22.5. The molecule has 1 aromatic rings. The Morgan fingerprint density at radius 2 is 1.96 bits per heavy atom. The quantitative estimate of drug-likeness (QED) is 0.581. The first-order valence-electron chi connectivity index (χ1n) is 9.42. The van der Waals surface area contributed by atoms with Crippen molar-refractivity contribution in [2.75, 3.05) is 24.5 Å². The Labute approximate surface area is 176 Å². The Morgan fingerprint density at radius 3 is 2.64 bits per heavy atom. The van der Waals surface area contributed by atoms with Gasteiger partial charge >= 0.3 is 6.03 Å². The lowest BCUT2D eigenvalue weighted by molar-refractivity contribution is -0.121. The van der Waals surface area contributed by atoms with E-state index >= 15 is 0 Å². The van der Waals surface area contributed by atoms with Gasteiger partial charge in [-0.15, -0.1) is 12.4 Å². The van der Waals surface area contributed by atoms with Gasteiger partial charge in [0.1, 0.15) is 6.04 Å². The molecular formula is C19H26Cl2N4O3. The van der Waals surface area contributed by atoms with Crippen molar-refractivity contribution in [2.45, 2.75) is 38.1 Å². The van der Waals surface area contributed by atoms with E-state index in [1.165, 1.54) is 12.8 Å². The number of imide groups is 1. The van der Waals surface area contributed by atoms with E-state index in [1.807, 2.05) is 0 Å². The van der Waals surface area contributed by atoms with Gasteiger partial charge in [0.15, 0.2) is 0 Å². The standard InChI is InChI=1S/C19H25ClN4O3.ClH/c20-14-3-5-15(6-4-14)24-18(26)16(23-19(24)27)7-8-17(25)22-11-9-13-2-1-10-21-12-13;/h3-6,13,16,21H,1-2,7-12H2,(H,22,25)(H,23,27);1H. The molecule has 0 aromatic heterocycles. The number of rotatable bonds is 7. The topological polar surface area (TPSA) is 90.5 Å². The smallest absolute Gasteiger partial charge is 0.329 e. The summed E-state index contributed by atoms with van der Waals surface area (Å²) in [6, 6.07) is 5.34. The summed E-state index contributed by atoms with van der Waals surface area (Å²) >= 11 is 5.84. The molecule has 154 valence electrons. The highest BCUT2D eigenvalue weighted by Crippen LogP contribution is 2.23. The molecule has 2 unspecified atom stereocenters. The Bertz CT molecular complexity index is 693. The molecule has 0 spiro atoms. The van der Waals surface area contributed by atoms with Gasteiger partial charge in [-0.3, -0.25) is 9.59 Å². The predicted octanol–water partition coefficient (Wildman–Crippen LogP) is 2.47. The number of piperidine rings is 1. The maximum absolute atomic E-state index is 12.5. The summed E-state index contributed by atoms with van der Waals surface area (Å²) < 4.78 is 0.